The Hall–Kier alpha value is -1.78. The van der Waals surface area contributed by atoms with E-state index in [9.17, 15) is 0 Å². The number of hydrogen-bond donors (Lipinski definition) is 2. The summed E-state index contributed by atoms with van der Waals surface area (Å²) in [6.07, 6.45) is 0. The van der Waals surface area contributed by atoms with Crippen LogP contribution < -0.4 is 15.4 Å². The Labute approximate surface area is 135 Å². The summed E-state index contributed by atoms with van der Waals surface area (Å²) in [5, 5.41) is 7.39. The van der Waals surface area contributed by atoms with Crippen molar-refractivity contribution in [2.24, 2.45) is 0 Å². The van der Waals surface area contributed by atoms with Crippen molar-refractivity contribution in [3.05, 3.63) is 52.5 Å². The second-order valence-corrected chi connectivity index (χ2v) is 5.59. The Morgan fingerprint density at radius 3 is 2.43 bits per heavy atom. The fraction of sp³-hybridized carbons (Fsp3) is 0.188. The van der Waals surface area contributed by atoms with Gasteiger partial charge in [0.25, 0.3) is 0 Å². The molecular formula is C16H17ClN2OS. The van der Waals surface area contributed by atoms with Gasteiger partial charge in [0.1, 0.15) is 5.75 Å². The fourth-order valence-electron chi connectivity index (χ4n) is 2.01. The zero-order chi connectivity index (χ0) is 15.4. The van der Waals surface area contributed by atoms with Crippen molar-refractivity contribution >= 4 is 40.3 Å². The van der Waals surface area contributed by atoms with E-state index in [0.717, 1.165) is 16.9 Å². The Bertz CT molecular complexity index is 673. The van der Waals surface area contributed by atoms with Gasteiger partial charge in [-0.3, -0.25) is 0 Å². The molecule has 0 unspecified atom stereocenters. The van der Waals surface area contributed by atoms with Crippen LogP contribution >= 0.6 is 23.8 Å². The summed E-state index contributed by atoms with van der Waals surface area (Å²) in [6.45, 7) is 4.10. The summed E-state index contributed by atoms with van der Waals surface area (Å²) in [6, 6.07) is 11.5. The molecule has 0 heterocycles. The van der Waals surface area contributed by atoms with Crippen molar-refractivity contribution in [2.75, 3.05) is 17.7 Å². The van der Waals surface area contributed by atoms with Gasteiger partial charge in [-0.2, -0.15) is 0 Å². The molecule has 0 atom stereocenters. The molecule has 0 fully saturated rings. The summed E-state index contributed by atoms with van der Waals surface area (Å²) in [5.41, 5.74) is 4.05. The van der Waals surface area contributed by atoms with Crippen LogP contribution in [0.1, 0.15) is 11.1 Å². The van der Waals surface area contributed by atoms with Gasteiger partial charge in [-0.15, -0.1) is 0 Å². The van der Waals surface area contributed by atoms with Gasteiger partial charge in [0.2, 0.25) is 0 Å². The molecule has 0 aliphatic carbocycles. The number of ether oxygens (including phenoxy) is 1. The number of benzene rings is 2. The number of hydrogen-bond acceptors (Lipinski definition) is 2. The van der Waals surface area contributed by atoms with Gasteiger partial charge < -0.3 is 15.4 Å². The number of thiocarbonyl (C=S) groups is 1. The van der Waals surface area contributed by atoms with E-state index in [2.05, 4.69) is 23.6 Å². The molecule has 0 saturated carbocycles. The minimum Gasteiger partial charge on any atom is -0.495 e. The monoisotopic (exact) mass is 320 g/mol. The largest absolute Gasteiger partial charge is 0.495 e. The smallest absolute Gasteiger partial charge is 0.175 e. The third-order valence-electron chi connectivity index (χ3n) is 3.04. The summed E-state index contributed by atoms with van der Waals surface area (Å²) < 4.78 is 5.28. The van der Waals surface area contributed by atoms with Gasteiger partial charge in [0.15, 0.2) is 5.11 Å². The molecule has 3 nitrogen and oxygen atoms in total. The van der Waals surface area contributed by atoms with Gasteiger partial charge in [0.05, 0.1) is 12.8 Å². The number of rotatable bonds is 3. The van der Waals surface area contributed by atoms with Gasteiger partial charge >= 0.3 is 0 Å². The van der Waals surface area contributed by atoms with E-state index in [1.165, 1.54) is 5.56 Å². The van der Waals surface area contributed by atoms with E-state index in [1.807, 2.05) is 19.1 Å². The maximum absolute atomic E-state index is 6.00. The van der Waals surface area contributed by atoms with Crippen LogP contribution in [0.25, 0.3) is 0 Å². The highest BCUT2D eigenvalue weighted by molar-refractivity contribution is 7.80. The van der Waals surface area contributed by atoms with Crippen LogP contribution in [0, 0.1) is 13.8 Å². The fourth-order valence-corrected chi connectivity index (χ4v) is 2.40. The lowest BCUT2D eigenvalue weighted by molar-refractivity contribution is 0.417. The Morgan fingerprint density at radius 1 is 1.05 bits per heavy atom. The molecule has 0 aliphatic heterocycles. The van der Waals surface area contributed by atoms with Crippen LogP contribution in [0.4, 0.5) is 11.4 Å². The van der Waals surface area contributed by atoms with Crippen LogP contribution in [0.15, 0.2) is 36.4 Å². The van der Waals surface area contributed by atoms with Gasteiger partial charge in [-0.1, -0.05) is 29.3 Å². The molecule has 0 aromatic heterocycles. The Morgan fingerprint density at radius 2 is 1.76 bits per heavy atom. The van der Waals surface area contributed by atoms with E-state index in [4.69, 9.17) is 28.6 Å². The maximum atomic E-state index is 6.00. The minimum atomic E-state index is 0.488. The molecule has 2 N–H and O–H groups in total. The van der Waals surface area contributed by atoms with Crippen LogP contribution in [0.3, 0.4) is 0 Å². The topological polar surface area (TPSA) is 33.3 Å². The van der Waals surface area contributed by atoms with E-state index >= 15 is 0 Å². The molecule has 0 bridgehead atoms. The lowest BCUT2D eigenvalue weighted by atomic mass is 10.1. The van der Waals surface area contributed by atoms with Crippen LogP contribution in [0.5, 0.6) is 5.75 Å². The molecule has 0 spiro atoms. The summed E-state index contributed by atoms with van der Waals surface area (Å²) in [7, 11) is 1.61. The number of methoxy groups -OCH3 is 1. The normalized spacial score (nSPS) is 10.1. The molecular weight excluding hydrogens is 304 g/mol. The SMILES string of the molecule is COc1ccc(Cl)cc1NC(=S)Nc1ccc(C)cc1C. The molecule has 2 aromatic rings. The zero-order valence-electron chi connectivity index (χ0n) is 12.2. The number of aryl methyl sites for hydroxylation is 2. The summed E-state index contributed by atoms with van der Waals surface area (Å²) in [4.78, 5) is 0. The molecule has 2 rings (SSSR count). The second kappa shape index (κ2) is 6.78. The first-order valence-corrected chi connectivity index (χ1v) is 7.27. The molecule has 0 radical (unpaired) electrons. The zero-order valence-corrected chi connectivity index (χ0v) is 13.7. The van der Waals surface area contributed by atoms with Crippen molar-refractivity contribution in [3.63, 3.8) is 0 Å². The van der Waals surface area contributed by atoms with Crippen molar-refractivity contribution < 1.29 is 4.74 Å². The third-order valence-corrected chi connectivity index (χ3v) is 3.48. The third kappa shape index (κ3) is 4.09. The van der Waals surface area contributed by atoms with Crippen molar-refractivity contribution in [2.45, 2.75) is 13.8 Å². The number of anilines is 2. The predicted octanol–water partition coefficient (Wildman–Crippen LogP) is 4.77. The van der Waals surface area contributed by atoms with Gasteiger partial charge in [-0.05, 0) is 55.9 Å². The minimum absolute atomic E-state index is 0.488. The Balaban J connectivity index is 2.13. The molecule has 0 saturated heterocycles. The van der Waals surface area contributed by atoms with E-state index in [0.29, 0.717) is 15.9 Å². The van der Waals surface area contributed by atoms with Crippen molar-refractivity contribution in [1.82, 2.24) is 0 Å². The quantitative estimate of drug-likeness (QED) is 0.798. The lowest BCUT2D eigenvalue weighted by Gasteiger charge is -2.15. The van der Waals surface area contributed by atoms with Crippen LogP contribution in [0.2, 0.25) is 5.02 Å². The lowest BCUT2D eigenvalue weighted by Crippen LogP contribution is -2.20. The Kier molecular flexibility index (Phi) is 5.04. The molecule has 5 heteroatoms. The first kappa shape index (κ1) is 15.6. The first-order chi connectivity index (χ1) is 9.99. The molecule has 2 aromatic carbocycles. The highest BCUT2D eigenvalue weighted by Crippen LogP contribution is 2.28. The van der Waals surface area contributed by atoms with Crippen molar-refractivity contribution in [1.29, 1.82) is 0 Å². The number of nitrogens with one attached hydrogen (secondary N) is 2. The highest BCUT2D eigenvalue weighted by Gasteiger charge is 2.07. The van der Waals surface area contributed by atoms with Crippen LogP contribution in [-0.2, 0) is 0 Å². The average Bonchev–Trinajstić information content (AvgIpc) is 2.42. The van der Waals surface area contributed by atoms with Crippen molar-refractivity contribution in [3.8, 4) is 5.75 Å². The molecule has 21 heavy (non-hydrogen) atoms. The highest BCUT2D eigenvalue weighted by atomic mass is 35.5. The van der Waals surface area contributed by atoms with E-state index < -0.39 is 0 Å². The maximum Gasteiger partial charge on any atom is 0.175 e. The predicted molar refractivity (Wildman–Crippen MR) is 93.8 cm³/mol. The first-order valence-electron chi connectivity index (χ1n) is 6.48. The summed E-state index contributed by atoms with van der Waals surface area (Å²) >= 11 is 11.3. The number of halogens is 1. The standard InChI is InChI=1S/C16H17ClN2OS/c1-10-4-6-13(11(2)8-10)18-16(21)19-14-9-12(17)5-7-15(14)20-3/h4-9H,1-3H3,(H2,18,19,21). The average molecular weight is 321 g/mol. The van der Waals surface area contributed by atoms with Gasteiger partial charge in [-0.25, -0.2) is 0 Å². The van der Waals surface area contributed by atoms with E-state index in [-0.39, 0.29) is 0 Å². The molecule has 0 amide bonds. The van der Waals surface area contributed by atoms with Gasteiger partial charge in [0, 0.05) is 10.7 Å². The van der Waals surface area contributed by atoms with E-state index in [1.54, 1.807) is 25.3 Å². The molecule has 0 aliphatic rings. The molecule has 110 valence electrons. The van der Waals surface area contributed by atoms with Crippen LogP contribution in [-0.4, -0.2) is 12.2 Å². The second-order valence-electron chi connectivity index (χ2n) is 4.74. The summed E-state index contributed by atoms with van der Waals surface area (Å²) in [5.74, 6) is 0.684.